The Bertz CT molecular complexity index is 950. The molecule has 3 aromatic rings. The molecule has 128 valence electrons. The molecule has 1 aliphatic heterocycles. The van der Waals surface area contributed by atoms with E-state index in [1.165, 1.54) is 11.3 Å². The molecule has 3 aromatic heterocycles. The number of carbonyl (C=O) groups excluding carboxylic acids is 1. The highest BCUT2D eigenvalue weighted by molar-refractivity contribution is 7.15. The van der Waals surface area contributed by atoms with E-state index in [-0.39, 0.29) is 17.3 Å². The molecule has 1 saturated heterocycles. The second kappa shape index (κ2) is 6.85. The molecule has 1 fully saturated rings. The van der Waals surface area contributed by atoms with Gasteiger partial charge < -0.3 is 0 Å². The Balaban J connectivity index is 1.49. The number of Topliss-reactive ketones (excluding diaryl/α,β-unsaturated/α-hetero) is 1. The molecule has 0 spiro atoms. The zero-order valence-corrected chi connectivity index (χ0v) is 14.5. The molecular formula is C18H18N4O2S. The van der Waals surface area contributed by atoms with Crippen molar-refractivity contribution in [2.45, 2.75) is 19.4 Å². The molecular weight excluding hydrogens is 336 g/mol. The fourth-order valence-electron chi connectivity index (χ4n) is 3.33. The summed E-state index contributed by atoms with van der Waals surface area (Å²) in [7, 11) is 0. The van der Waals surface area contributed by atoms with Gasteiger partial charge in [0.25, 0.3) is 5.56 Å². The van der Waals surface area contributed by atoms with Crippen molar-refractivity contribution in [3.63, 3.8) is 0 Å². The third-order valence-corrected chi connectivity index (χ3v) is 5.29. The monoisotopic (exact) mass is 354 g/mol. The summed E-state index contributed by atoms with van der Waals surface area (Å²) in [4.78, 5) is 36.4. The van der Waals surface area contributed by atoms with Gasteiger partial charge in [-0.15, -0.1) is 11.3 Å². The van der Waals surface area contributed by atoms with Crippen LogP contribution in [0.1, 0.15) is 29.0 Å². The van der Waals surface area contributed by atoms with Crippen molar-refractivity contribution < 1.29 is 4.79 Å². The smallest absolute Gasteiger partial charge is 0.258 e. The first-order valence-electron chi connectivity index (χ1n) is 8.34. The molecule has 0 bridgehead atoms. The number of aromatic nitrogens is 3. The molecule has 0 aromatic carbocycles. The van der Waals surface area contributed by atoms with Gasteiger partial charge >= 0.3 is 0 Å². The summed E-state index contributed by atoms with van der Waals surface area (Å²) >= 11 is 1.45. The van der Waals surface area contributed by atoms with Crippen molar-refractivity contribution in [3.05, 3.63) is 63.8 Å². The number of thiazole rings is 1. The van der Waals surface area contributed by atoms with Crippen LogP contribution in [-0.2, 0) is 6.54 Å². The normalized spacial score (nSPS) is 18.5. The highest BCUT2D eigenvalue weighted by Gasteiger charge is 2.27. The predicted octanol–water partition coefficient (Wildman–Crippen LogP) is 2.25. The lowest BCUT2D eigenvalue weighted by atomic mass is 9.92. The number of piperidine rings is 1. The minimum atomic E-state index is -0.0561. The van der Waals surface area contributed by atoms with E-state index in [9.17, 15) is 9.59 Å². The molecule has 1 atom stereocenters. The van der Waals surface area contributed by atoms with Gasteiger partial charge in [0.05, 0.1) is 5.69 Å². The molecule has 25 heavy (non-hydrogen) atoms. The predicted molar refractivity (Wildman–Crippen MR) is 95.9 cm³/mol. The van der Waals surface area contributed by atoms with Crippen LogP contribution in [0.5, 0.6) is 0 Å². The van der Waals surface area contributed by atoms with Crippen LogP contribution in [0.15, 0.2) is 46.8 Å². The largest absolute Gasteiger partial charge is 0.297 e. The Kier molecular flexibility index (Phi) is 4.42. The van der Waals surface area contributed by atoms with Crippen LogP contribution in [0.25, 0.3) is 4.96 Å². The number of fused-ring (bicyclic) bond motifs is 1. The van der Waals surface area contributed by atoms with Gasteiger partial charge in [0, 0.05) is 42.8 Å². The quantitative estimate of drug-likeness (QED) is 0.672. The van der Waals surface area contributed by atoms with Gasteiger partial charge in [-0.05, 0) is 31.5 Å². The Hall–Kier alpha value is -2.38. The first-order chi connectivity index (χ1) is 12.2. The molecule has 0 N–H and O–H groups in total. The van der Waals surface area contributed by atoms with Gasteiger partial charge in [-0.25, -0.2) is 4.98 Å². The van der Waals surface area contributed by atoms with Crippen LogP contribution >= 0.6 is 11.3 Å². The van der Waals surface area contributed by atoms with Crippen LogP contribution in [0.3, 0.4) is 0 Å². The first kappa shape index (κ1) is 16.1. The second-order valence-corrected chi connectivity index (χ2v) is 7.17. The van der Waals surface area contributed by atoms with Gasteiger partial charge in [-0.2, -0.15) is 0 Å². The second-order valence-electron chi connectivity index (χ2n) is 6.29. The topological polar surface area (TPSA) is 67.6 Å². The molecule has 4 heterocycles. The first-order valence-corrected chi connectivity index (χ1v) is 9.22. The third-order valence-electron chi connectivity index (χ3n) is 4.54. The third kappa shape index (κ3) is 3.38. The van der Waals surface area contributed by atoms with Gasteiger partial charge in [0.1, 0.15) is 5.69 Å². The molecule has 0 amide bonds. The standard InChI is InChI=1S/C18H18N4O2S/c23-16-10-14(20-18-22(16)8-9-25-18)12-21-7-3-4-13(11-21)17(24)15-5-1-2-6-19-15/h1-2,5-6,8-10,13H,3-4,7,11-12H2/t13-/m0/s1. The van der Waals surface area contributed by atoms with E-state index < -0.39 is 0 Å². The van der Waals surface area contributed by atoms with Crippen molar-refractivity contribution >= 4 is 22.1 Å². The number of rotatable bonds is 4. The molecule has 7 heteroatoms. The zero-order chi connectivity index (χ0) is 17.2. The summed E-state index contributed by atoms with van der Waals surface area (Å²) in [6.07, 6.45) is 5.23. The number of pyridine rings is 1. The van der Waals surface area contributed by atoms with E-state index in [0.29, 0.717) is 23.7 Å². The van der Waals surface area contributed by atoms with Crippen LogP contribution in [0.4, 0.5) is 0 Å². The molecule has 1 aliphatic rings. The summed E-state index contributed by atoms with van der Waals surface area (Å²) in [6, 6.07) is 7.02. The minimum absolute atomic E-state index is 0.0461. The summed E-state index contributed by atoms with van der Waals surface area (Å²) in [6.45, 7) is 2.19. The maximum Gasteiger partial charge on any atom is 0.258 e. The van der Waals surface area contributed by atoms with Crippen molar-refractivity contribution in [1.29, 1.82) is 0 Å². The molecule has 0 unspecified atom stereocenters. The van der Waals surface area contributed by atoms with E-state index >= 15 is 0 Å². The fraction of sp³-hybridized carbons (Fsp3) is 0.333. The Morgan fingerprint density at radius 1 is 1.36 bits per heavy atom. The highest BCUT2D eigenvalue weighted by atomic mass is 32.1. The lowest BCUT2D eigenvalue weighted by molar-refractivity contribution is 0.0805. The van der Waals surface area contributed by atoms with E-state index in [1.54, 1.807) is 28.9 Å². The number of carbonyl (C=O) groups is 1. The van der Waals surface area contributed by atoms with Crippen molar-refractivity contribution in [2.24, 2.45) is 5.92 Å². The summed E-state index contributed by atoms with van der Waals surface area (Å²) < 4.78 is 1.55. The van der Waals surface area contributed by atoms with E-state index in [4.69, 9.17) is 0 Å². The molecule has 0 radical (unpaired) electrons. The van der Waals surface area contributed by atoms with Gasteiger partial charge in [0.15, 0.2) is 10.7 Å². The number of ketones is 1. The van der Waals surface area contributed by atoms with Gasteiger partial charge in [0.2, 0.25) is 0 Å². The fourth-order valence-corrected chi connectivity index (χ4v) is 4.07. The number of likely N-dealkylation sites (tertiary alicyclic amines) is 1. The average molecular weight is 354 g/mol. The molecule has 0 aliphatic carbocycles. The maximum absolute atomic E-state index is 12.6. The maximum atomic E-state index is 12.6. The summed E-state index contributed by atoms with van der Waals surface area (Å²) in [5.41, 5.74) is 1.24. The van der Waals surface area contributed by atoms with E-state index in [1.807, 2.05) is 17.5 Å². The van der Waals surface area contributed by atoms with E-state index in [2.05, 4.69) is 14.9 Å². The average Bonchev–Trinajstić information content (AvgIpc) is 3.11. The van der Waals surface area contributed by atoms with Crippen LogP contribution in [0.2, 0.25) is 0 Å². The highest BCUT2D eigenvalue weighted by Crippen LogP contribution is 2.21. The molecule has 6 nitrogen and oxygen atoms in total. The Morgan fingerprint density at radius 2 is 2.28 bits per heavy atom. The lowest BCUT2D eigenvalue weighted by Gasteiger charge is -2.31. The number of hydrogen-bond acceptors (Lipinski definition) is 6. The van der Waals surface area contributed by atoms with Crippen LogP contribution in [-0.4, -0.2) is 38.1 Å². The van der Waals surface area contributed by atoms with Crippen LogP contribution in [0, 0.1) is 5.92 Å². The van der Waals surface area contributed by atoms with Gasteiger partial charge in [-0.3, -0.25) is 23.9 Å². The SMILES string of the molecule is O=C(c1ccccn1)[C@H]1CCCN(Cc2cc(=O)n3ccsc3n2)C1. The minimum Gasteiger partial charge on any atom is -0.297 e. The lowest BCUT2D eigenvalue weighted by Crippen LogP contribution is -2.38. The van der Waals surface area contributed by atoms with Crippen molar-refractivity contribution in [2.75, 3.05) is 13.1 Å². The summed E-state index contributed by atoms with van der Waals surface area (Å²) in [5, 5.41) is 1.86. The number of nitrogens with zero attached hydrogens (tertiary/aromatic N) is 4. The molecule has 0 saturated carbocycles. The Morgan fingerprint density at radius 3 is 3.12 bits per heavy atom. The molecule has 4 rings (SSSR count). The van der Waals surface area contributed by atoms with Crippen molar-refractivity contribution in [3.8, 4) is 0 Å². The van der Waals surface area contributed by atoms with Gasteiger partial charge in [-0.1, -0.05) is 6.07 Å². The zero-order valence-electron chi connectivity index (χ0n) is 13.7. The van der Waals surface area contributed by atoms with Crippen LogP contribution < -0.4 is 5.56 Å². The summed E-state index contributed by atoms with van der Waals surface area (Å²) in [5.74, 6) is 0.0576. The Labute approximate surface area is 148 Å². The van der Waals surface area contributed by atoms with Crippen molar-refractivity contribution in [1.82, 2.24) is 19.3 Å². The van der Waals surface area contributed by atoms with E-state index in [0.717, 1.165) is 25.1 Å². The number of hydrogen-bond donors (Lipinski definition) is 0.